The third-order valence-corrected chi connectivity index (χ3v) is 5.46. The van der Waals surface area contributed by atoms with Crippen LogP contribution in [0.5, 0.6) is 0 Å². The first-order valence-corrected chi connectivity index (χ1v) is 8.99. The molecule has 4 heteroatoms. The van der Waals surface area contributed by atoms with Gasteiger partial charge in [0.1, 0.15) is 5.82 Å². The Hall–Kier alpha value is -1.39. The summed E-state index contributed by atoms with van der Waals surface area (Å²) < 4.78 is 2.41. The lowest BCUT2D eigenvalue weighted by Gasteiger charge is -2.37. The molecule has 124 valence electrons. The molecule has 2 saturated heterocycles. The number of piperidine rings is 1. The monoisotopic (exact) mass is 313 g/mol. The second-order valence-electron chi connectivity index (χ2n) is 7.70. The molecule has 0 radical (unpaired) electrons. The number of aliphatic hydroxyl groups is 1. The molecule has 2 fully saturated rings. The standard InChI is InChI=1S/C19H27N3O/c1-13(2)11-22-18-6-4-3-5-17(18)20-19(22)12-21-14-7-8-15(21)10-16(23)9-14/h3-6,13-16,23H,7-12H2,1-2H3/t14-,15+,16?. The number of hydrogen-bond acceptors (Lipinski definition) is 3. The van der Waals surface area contributed by atoms with Crippen LogP contribution in [-0.2, 0) is 13.1 Å². The largest absolute Gasteiger partial charge is 0.393 e. The van der Waals surface area contributed by atoms with Gasteiger partial charge in [-0.05, 0) is 43.7 Å². The number of hydrogen-bond donors (Lipinski definition) is 1. The highest BCUT2D eigenvalue weighted by Crippen LogP contribution is 2.37. The number of imidazole rings is 1. The highest BCUT2D eigenvalue weighted by Gasteiger charge is 2.40. The van der Waals surface area contributed by atoms with E-state index in [1.807, 2.05) is 0 Å². The summed E-state index contributed by atoms with van der Waals surface area (Å²) in [5.41, 5.74) is 2.35. The van der Waals surface area contributed by atoms with Crippen LogP contribution < -0.4 is 0 Å². The second-order valence-corrected chi connectivity index (χ2v) is 7.70. The van der Waals surface area contributed by atoms with Crippen molar-refractivity contribution in [2.75, 3.05) is 0 Å². The van der Waals surface area contributed by atoms with Crippen molar-refractivity contribution in [3.05, 3.63) is 30.1 Å². The molecular weight excluding hydrogens is 286 g/mol. The molecule has 3 heterocycles. The van der Waals surface area contributed by atoms with Crippen molar-refractivity contribution in [1.29, 1.82) is 0 Å². The minimum atomic E-state index is -0.0989. The average Bonchev–Trinajstić information content (AvgIpc) is 2.95. The Kier molecular flexibility index (Phi) is 3.90. The zero-order valence-electron chi connectivity index (χ0n) is 14.2. The van der Waals surface area contributed by atoms with Crippen LogP contribution in [0.3, 0.4) is 0 Å². The molecule has 1 aromatic heterocycles. The summed E-state index contributed by atoms with van der Waals surface area (Å²) >= 11 is 0. The molecule has 1 N–H and O–H groups in total. The average molecular weight is 313 g/mol. The van der Waals surface area contributed by atoms with E-state index in [4.69, 9.17) is 4.98 Å². The summed E-state index contributed by atoms with van der Waals surface area (Å²) in [4.78, 5) is 7.54. The van der Waals surface area contributed by atoms with Crippen molar-refractivity contribution in [1.82, 2.24) is 14.5 Å². The van der Waals surface area contributed by atoms with Gasteiger partial charge in [-0.1, -0.05) is 26.0 Å². The van der Waals surface area contributed by atoms with Crippen molar-refractivity contribution >= 4 is 11.0 Å². The number of nitrogens with zero attached hydrogens (tertiary/aromatic N) is 3. The quantitative estimate of drug-likeness (QED) is 0.942. The first kappa shape index (κ1) is 15.2. The van der Waals surface area contributed by atoms with Crippen LogP contribution in [0.1, 0.15) is 45.4 Å². The predicted molar refractivity (Wildman–Crippen MR) is 92.2 cm³/mol. The van der Waals surface area contributed by atoms with Gasteiger partial charge in [0.15, 0.2) is 0 Å². The molecule has 2 aliphatic rings. The van der Waals surface area contributed by atoms with Gasteiger partial charge < -0.3 is 9.67 Å². The van der Waals surface area contributed by atoms with Gasteiger partial charge in [0.2, 0.25) is 0 Å². The van der Waals surface area contributed by atoms with E-state index in [1.165, 1.54) is 24.2 Å². The van der Waals surface area contributed by atoms with Gasteiger partial charge in [-0.15, -0.1) is 0 Å². The summed E-state index contributed by atoms with van der Waals surface area (Å²) in [5.74, 6) is 1.79. The summed E-state index contributed by atoms with van der Waals surface area (Å²) in [6.07, 6.45) is 4.22. The van der Waals surface area contributed by atoms with E-state index in [2.05, 4.69) is 47.6 Å². The SMILES string of the molecule is CC(C)Cn1c(CN2[C@@H]3CC[C@H]2CC(O)C3)nc2ccccc21. The molecule has 0 amide bonds. The summed E-state index contributed by atoms with van der Waals surface area (Å²) in [7, 11) is 0. The summed E-state index contributed by atoms with van der Waals surface area (Å²) in [5, 5.41) is 10.0. The molecule has 2 bridgehead atoms. The number of fused-ring (bicyclic) bond motifs is 3. The van der Waals surface area contributed by atoms with Crippen molar-refractivity contribution in [2.24, 2.45) is 5.92 Å². The van der Waals surface area contributed by atoms with Gasteiger partial charge in [-0.2, -0.15) is 0 Å². The summed E-state index contributed by atoms with van der Waals surface area (Å²) in [6, 6.07) is 9.55. The highest BCUT2D eigenvalue weighted by molar-refractivity contribution is 5.75. The Morgan fingerprint density at radius 2 is 1.87 bits per heavy atom. The lowest BCUT2D eigenvalue weighted by atomic mass is 10.00. The zero-order valence-corrected chi connectivity index (χ0v) is 14.2. The Morgan fingerprint density at radius 3 is 2.57 bits per heavy atom. The van der Waals surface area contributed by atoms with Gasteiger partial charge in [-0.25, -0.2) is 4.98 Å². The smallest absolute Gasteiger partial charge is 0.124 e. The molecular formula is C19H27N3O. The van der Waals surface area contributed by atoms with Crippen LogP contribution in [0.15, 0.2) is 24.3 Å². The number of para-hydroxylation sites is 2. The lowest BCUT2D eigenvalue weighted by Crippen LogP contribution is -2.44. The van der Waals surface area contributed by atoms with E-state index in [-0.39, 0.29) is 6.10 Å². The minimum absolute atomic E-state index is 0.0989. The maximum Gasteiger partial charge on any atom is 0.124 e. The van der Waals surface area contributed by atoms with Gasteiger partial charge in [0, 0.05) is 18.6 Å². The highest BCUT2D eigenvalue weighted by atomic mass is 16.3. The van der Waals surface area contributed by atoms with E-state index in [1.54, 1.807) is 0 Å². The van der Waals surface area contributed by atoms with Crippen LogP contribution in [0, 0.1) is 5.92 Å². The minimum Gasteiger partial charge on any atom is -0.393 e. The molecule has 2 aliphatic heterocycles. The van der Waals surface area contributed by atoms with Crippen molar-refractivity contribution in [3.63, 3.8) is 0 Å². The van der Waals surface area contributed by atoms with Gasteiger partial charge >= 0.3 is 0 Å². The fourth-order valence-corrected chi connectivity index (χ4v) is 4.48. The lowest BCUT2D eigenvalue weighted by molar-refractivity contribution is 0.0291. The Balaban J connectivity index is 1.66. The van der Waals surface area contributed by atoms with Crippen molar-refractivity contribution in [3.8, 4) is 0 Å². The summed E-state index contributed by atoms with van der Waals surface area (Å²) in [6.45, 7) is 6.46. The third-order valence-electron chi connectivity index (χ3n) is 5.46. The first-order valence-electron chi connectivity index (χ1n) is 8.99. The topological polar surface area (TPSA) is 41.3 Å². The third kappa shape index (κ3) is 2.79. The number of aromatic nitrogens is 2. The molecule has 4 rings (SSSR count). The van der Waals surface area contributed by atoms with Crippen LogP contribution in [-0.4, -0.2) is 37.7 Å². The molecule has 1 unspecified atom stereocenters. The van der Waals surface area contributed by atoms with Crippen LogP contribution >= 0.6 is 0 Å². The molecule has 1 aromatic carbocycles. The second kappa shape index (κ2) is 5.91. The molecule has 2 aromatic rings. The zero-order chi connectivity index (χ0) is 16.0. The molecule has 0 saturated carbocycles. The predicted octanol–water partition coefficient (Wildman–Crippen LogP) is 3.18. The number of aliphatic hydroxyl groups excluding tert-OH is 1. The van der Waals surface area contributed by atoms with E-state index in [0.717, 1.165) is 31.4 Å². The van der Waals surface area contributed by atoms with E-state index >= 15 is 0 Å². The Labute approximate surface area is 138 Å². The molecule has 0 aliphatic carbocycles. The molecule has 23 heavy (non-hydrogen) atoms. The van der Waals surface area contributed by atoms with Gasteiger partial charge in [0.05, 0.1) is 23.7 Å². The number of benzene rings is 1. The van der Waals surface area contributed by atoms with E-state index in [9.17, 15) is 5.11 Å². The number of rotatable bonds is 4. The molecule has 0 spiro atoms. The normalized spacial score (nSPS) is 28.1. The van der Waals surface area contributed by atoms with E-state index < -0.39 is 0 Å². The fourth-order valence-electron chi connectivity index (χ4n) is 4.48. The van der Waals surface area contributed by atoms with Crippen molar-refractivity contribution < 1.29 is 5.11 Å². The molecule has 3 atom stereocenters. The maximum atomic E-state index is 10.0. The van der Waals surface area contributed by atoms with E-state index in [0.29, 0.717) is 18.0 Å². The fraction of sp³-hybridized carbons (Fsp3) is 0.632. The van der Waals surface area contributed by atoms with Gasteiger partial charge in [0.25, 0.3) is 0 Å². The van der Waals surface area contributed by atoms with Gasteiger partial charge in [-0.3, -0.25) is 4.90 Å². The maximum absolute atomic E-state index is 10.0. The van der Waals surface area contributed by atoms with Crippen molar-refractivity contribution in [2.45, 2.75) is 70.8 Å². The first-order chi connectivity index (χ1) is 11.1. The Morgan fingerprint density at radius 1 is 1.17 bits per heavy atom. The van der Waals surface area contributed by atoms with Crippen LogP contribution in [0.2, 0.25) is 0 Å². The van der Waals surface area contributed by atoms with Crippen LogP contribution in [0.4, 0.5) is 0 Å². The molecule has 4 nitrogen and oxygen atoms in total. The van der Waals surface area contributed by atoms with Crippen LogP contribution in [0.25, 0.3) is 11.0 Å². The Bertz CT molecular complexity index is 679.